The fourth-order valence-corrected chi connectivity index (χ4v) is 6.04. The third kappa shape index (κ3) is 3.52. The quantitative estimate of drug-likeness (QED) is 0.168. The van der Waals surface area contributed by atoms with E-state index in [2.05, 4.69) is 0 Å². The van der Waals surface area contributed by atoms with E-state index in [0.29, 0.717) is 11.1 Å². The van der Waals surface area contributed by atoms with Gasteiger partial charge in [-0.2, -0.15) is 0 Å². The molecule has 0 saturated carbocycles. The minimum absolute atomic E-state index is 0.0224. The highest BCUT2D eigenvalue weighted by molar-refractivity contribution is 5.68. The highest BCUT2D eigenvalue weighted by atomic mass is 16.7. The zero-order valence-electron chi connectivity index (χ0n) is 21.1. The zero-order valence-corrected chi connectivity index (χ0v) is 21.1. The summed E-state index contributed by atoms with van der Waals surface area (Å²) in [6, 6.07) is 13.4. The zero-order chi connectivity index (χ0) is 28.8. The number of aliphatic hydroxyl groups excluding tert-OH is 2. The van der Waals surface area contributed by atoms with Crippen LogP contribution in [-0.2, 0) is 12.2 Å². The fraction of sp³-hybridized carbons (Fsp3) is 0.200. The Bertz CT molecular complexity index is 1720. The van der Waals surface area contributed by atoms with Crippen molar-refractivity contribution in [1.82, 2.24) is 0 Å². The fourth-order valence-electron chi connectivity index (χ4n) is 6.04. The molecule has 0 aromatic heterocycles. The van der Waals surface area contributed by atoms with Crippen molar-refractivity contribution in [3.8, 4) is 51.7 Å². The average Bonchev–Trinajstić information content (AvgIpc) is 2.91. The SMILES string of the molecule is Oc1ccc([C@@]23Oc4cc(O)cc(O)c4[C@@H](c4c(cc(O)c5c4O[C@H](c4ccc(O)c(O)c4)[C@H](O)C5)O2)[C@@H]3O)cc1. The predicted octanol–water partition coefficient (Wildman–Crippen LogP) is 3.09. The maximum absolute atomic E-state index is 11.9. The lowest BCUT2D eigenvalue weighted by Crippen LogP contribution is -2.57. The van der Waals surface area contributed by atoms with Crippen LogP contribution in [-0.4, -0.2) is 53.1 Å². The van der Waals surface area contributed by atoms with E-state index in [1.165, 1.54) is 54.6 Å². The second-order valence-electron chi connectivity index (χ2n) is 10.4. The van der Waals surface area contributed by atoms with Crippen LogP contribution in [0, 0.1) is 0 Å². The van der Waals surface area contributed by atoms with Crippen LogP contribution < -0.4 is 14.2 Å². The van der Waals surface area contributed by atoms with Gasteiger partial charge in [0.2, 0.25) is 0 Å². The molecular weight excluding hydrogens is 536 g/mol. The van der Waals surface area contributed by atoms with Crippen molar-refractivity contribution in [2.45, 2.75) is 36.4 Å². The number of phenols is 6. The molecule has 3 aliphatic rings. The van der Waals surface area contributed by atoms with Gasteiger partial charge in [-0.3, -0.25) is 0 Å². The van der Waals surface area contributed by atoms with Crippen molar-refractivity contribution in [3.63, 3.8) is 0 Å². The summed E-state index contributed by atoms with van der Waals surface area (Å²) < 4.78 is 18.8. The summed E-state index contributed by atoms with van der Waals surface area (Å²) in [5, 5.41) is 84.8. The van der Waals surface area contributed by atoms with Crippen LogP contribution >= 0.6 is 0 Å². The van der Waals surface area contributed by atoms with Crippen LogP contribution in [0.1, 0.15) is 39.8 Å². The molecule has 11 heteroatoms. The van der Waals surface area contributed by atoms with Crippen molar-refractivity contribution in [3.05, 3.63) is 88.5 Å². The molecule has 11 nitrogen and oxygen atoms in total. The number of phenolic OH excluding ortho intramolecular Hbond substituents is 6. The molecular formula is C30H24O11. The van der Waals surface area contributed by atoms with E-state index in [4.69, 9.17) is 14.2 Å². The Morgan fingerprint density at radius 3 is 2.07 bits per heavy atom. The number of ether oxygens (including phenoxy) is 3. The second-order valence-corrected chi connectivity index (χ2v) is 10.4. The molecule has 0 fully saturated rings. The van der Waals surface area contributed by atoms with Crippen molar-refractivity contribution >= 4 is 0 Å². The monoisotopic (exact) mass is 560 g/mol. The Hall–Kier alpha value is -5.00. The number of rotatable bonds is 2. The van der Waals surface area contributed by atoms with Gasteiger partial charge in [0.25, 0.3) is 0 Å². The number of aromatic hydroxyl groups is 6. The molecule has 3 heterocycles. The lowest BCUT2D eigenvalue weighted by Gasteiger charge is -2.50. The Morgan fingerprint density at radius 2 is 1.37 bits per heavy atom. The van der Waals surface area contributed by atoms with E-state index in [1.807, 2.05) is 0 Å². The van der Waals surface area contributed by atoms with Gasteiger partial charge in [0, 0.05) is 46.9 Å². The van der Waals surface area contributed by atoms with Gasteiger partial charge in [0.1, 0.15) is 52.5 Å². The molecule has 8 N–H and O–H groups in total. The standard InChI is InChI=1S/C30H24O11/c31-14-4-2-13(3-5-14)30-29(38)26(24-20(36)8-15(32)9-22(24)40-30)25-23(41-30)11-18(34)16-10-21(37)27(39-28(16)25)12-1-6-17(33)19(35)7-12/h1-9,11,21,26-27,29,31-38H,10H2/t21-,26+,27-,29+,30-/m1/s1. The average molecular weight is 561 g/mol. The molecule has 2 bridgehead atoms. The molecule has 4 aromatic rings. The number of fused-ring (bicyclic) bond motifs is 8. The third-order valence-corrected chi connectivity index (χ3v) is 7.92. The van der Waals surface area contributed by atoms with Crippen molar-refractivity contribution in [2.75, 3.05) is 0 Å². The highest BCUT2D eigenvalue weighted by Gasteiger charge is 2.60. The molecule has 210 valence electrons. The number of aliphatic hydroxyl groups is 2. The van der Waals surface area contributed by atoms with Crippen LogP contribution in [0.3, 0.4) is 0 Å². The Labute approximate surface area is 231 Å². The number of hydrogen-bond acceptors (Lipinski definition) is 11. The van der Waals surface area contributed by atoms with Gasteiger partial charge in [-0.25, -0.2) is 0 Å². The lowest BCUT2D eigenvalue weighted by atomic mass is 9.74. The van der Waals surface area contributed by atoms with Crippen molar-refractivity contribution in [2.24, 2.45) is 0 Å². The number of hydrogen-bond donors (Lipinski definition) is 8. The first-order chi connectivity index (χ1) is 19.6. The summed E-state index contributed by atoms with van der Waals surface area (Å²) in [6.07, 6.45) is -3.79. The van der Waals surface area contributed by atoms with Crippen LogP contribution in [0.4, 0.5) is 0 Å². The normalized spacial score (nSPS) is 25.5. The van der Waals surface area contributed by atoms with Gasteiger partial charge in [-0.1, -0.05) is 6.07 Å². The summed E-state index contributed by atoms with van der Waals surface area (Å²) in [5.41, 5.74) is 1.26. The molecule has 0 aliphatic carbocycles. The van der Waals surface area contributed by atoms with E-state index in [1.54, 1.807) is 0 Å². The summed E-state index contributed by atoms with van der Waals surface area (Å²) in [5.74, 6) is -4.54. The largest absolute Gasteiger partial charge is 0.508 e. The Kier molecular flexibility index (Phi) is 5.18. The molecule has 0 amide bonds. The van der Waals surface area contributed by atoms with Gasteiger partial charge < -0.3 is 55.1 Å². The van der Waals surface area contributed by atoms with Crippen molar-refractivity contribution in [1.29, 1.82) is 0 Å². The molecule has 41 heavy (non-hydrogen) atoms. The first-order valence-corrected chi connectivity index (χ1v) is 12.7. The predicted molar refractivity (Wildman–Crippen MR) is 140 cm³/mol. The minimum atomic E-state index is -1.92. The van der Waals surface area contributed by atoms with E-state index < -0.39 is 35.8 Å². The van der Waals surface area contributed by atoms with Gasteiger partial charge >= 0.3 is 5.79 Å². The minimum Gasteiger partial charge on any atom is -0.508 e. The molecule has 0 saturated heterocycles. The summed E-state index contributed by atoms with van der Waals surface area (Å²) in [7, 11) is 0. The topological polar surface area (TPSA) is 190 Å². The van der Waals surface area contributed by atoms with Crippen LogP contribution in [0.5, 0.6) is 51.7 Å². The summed E-state index contributed by atoms with van der Waals surface area (Å²) >= 11 is 0. The van der Waals surface area contributed by atoms with Gasteiger partial charge in [0.05, 0.1) is 12.0 Å². The maximum Gasteiger partial charge on any atom is 0.305 e. The first kappa shape index (κ1) is 25.0. The third-order valence-electron chi connectivity index (χ3n) is 7.92. The lowest BCUT2D eigenvalue weighted by molar-refractivity contribution is -0.219. The molecule has 0 unspecified atom stereocenters. The van der Waals surface area contributed by atoms with Gasteiger partial charge in [-0.15, -0.1) is 0 Å². The molecule has 0 spiro atoms. The number of benzene rings is 4. The molecule has 5 atom stereocenters. The molecule has 0 radical (unpaired) electrons. The first-order valence-electron chi connectivity index (χ1n) is 12.7. The van der Waals surface area contributed by atoms with Gasteiger partial charge in [-0.05, 0) is 42.0 Å². The maximum atomic E-state index is 11.9. The van der Waals surface area contributed by atoms with Gasteiger partial charge in [0.15, 0.2) is 11.5 Å². The van der Waals surface area contributed by atoms with E-state index in [0.717, 1.165) is 6.07 Å². The Morgan fingerprint density at radius 1 is 0.659 bits per heavy atom. The van der Waals surface area contributed by atoms with Crippen LogP contribution in [0.25, 0.3) is 0 Å². The molecule has 4 aromatic carbocycles. The smallest absolute Gasteiger partial charge is 0.305 e. The highest BCUT2D eigenvalue weighted by Crippen LogP contribution is 2.62. The van der Waals surface area contributed by atoms with E-state index >= 15 is 0 Å². The summed E-state index contributed by atoms with van der Waals surface area (Å²) in [6.45, 7) is 0. The van der Waals surface area contributed by atoms with E-state index in [9.17, 15) is 40.9 Å². The molecule has 7 rings (SSSR count). The van der Waals surface area contributed by atoms with E-state index in [-0.39, 0.29) is 69.1 Å². The van der Waals surface area contributed by atoms with Crippen molar-refractivity contribution < 1.29 is 55.1 Å². The van der Waals surface area contributed by atoms with Crippen LogP contribution in [0.2, 0.25) is 0 Å². The molecule has 3 aliphatic heterocycles. The second kappa shape index (κ2) is 8.50. The van der Waals surface area contributed by atoms with Crippen LogP contribution in [0.15, 0.2) is 60.7 Å². The Balaban J connectivity index is 1.47. The summed E-state index contributed by atoms with van der Waals surface area (Å²) in [4.78, 5) is 0.